The lowest BCUT2D eigenvalue weighted by atomic mass is 10.1. The zero-order valence-electron chi connectivity index (χ0n) is 11.6. The molecule has 5 nitrogen and oxygen atoms in total. The molecule has 0 aliphatic carbocycles. The van der Waals surface area contributed by atoms with Crippen molar-refractivity contribution in [2.75, 3.05) is 0 Å². The van der Waals surface area contributed by atoms with Crippen molar-refractivity contribution in [2.45, 2.75) is 13.0 Å². The van der Waals surface area contributed by atoms with Crippen LogP contribution in [0.25, 0.3) is 11.6 Å². The number of carbonyl (C=O) groups is 1. The molecule has 2 aromatic rings. The van der Waals surface area contributed by atoms with E-state index < -0.39 is 12.0 Å². The number of nitrogens with zero attached hydrogens (tertiary/aromatic N) is 2. The van der Waals surface area contributed by atoms with Crippen molar-refractivity contribution in [2.24, 2.45) is 4.99 Å². The van der Waals surface area contributed by atoms with Gasteiger partial charge in [0.2, 0.25) is 5.88 Å². The molecule has 112 valence electrons. The average Bonchev–Trinajstić information content (AvgIpc) is 3.01. The predicted molar refractivity (Wildman–Crippen MR) is 89.6 cm³/mol. The number of hydrogen-bond donors (Lipinski definition) is 2. The molecular formula is C15H12N2O3S2. The average molecular weight is 332 g/mol. The van der Waals surface area contributed by atoms with Gasteiger partial charge in [-0.1, -0.05) is 18.2 Å². The van der Waals surface area contributed by atoms with Crippen molar-refractivity contribution >= 4 is 53.1 Å². The van der Waals surface area contributed by atoms with Crippen LogP contribution in [0.5, 0.6) is 5.88 Å². The highest BCUT2D eigenvalue weighted by Gasteiger charge is 2.21. The molecule has 0 bridgehead atoms. The summed E-state index contributed by atoms with van der Waals surface area (Å²) in [5, 5.41) is 19.4. The SMILES string of the molecule is C[C@H](C(=O)O)n1c(O)c(/C=C2\C=Nc3ccccc32)sc1=S. The Balaban J connectivity index is 2.07. The summed E-state index contributed by atoms with van der Waals surface area (Å²) in [6, 6.07) is 6.76. The number of fused-ring (bicyclic) bond motifs is 1. The van der Waals surface area contributed by atoms with Crippen molar-refractivity contribution < 1.29 is 15.0 Å². The highest BCUT2D eigenvalue weighted by molar-refractivity contribution is 7.73. The molecule has 1 aromatic heterocycles. The van der Waals surface area contributed by atoms with Crippen LogP contribution in [0.4, 0.5) is 5.69 Å². The molecule has 7 heteroatoms. The number of benzene rings is 1. The predicted octanol–water partition coefficient (Wildman–Crippen LogP) is 3.89. The number of aliphatic carboxylic acids is 1. The number of hydrogen-bond acceptors (Lipinski definition) is 5. The summed E-state index contributed by atoms with van der Waals surface area (Å²) in [6.07, 6.45) is 3.49. The number of aliphatic imine (C=N–C) groups is 1. The Bertz CT molecular complexity index is 877. The Morgan fingerprint density at radius 1 is 1.45 bits per heavy atom. The van der Waals surface area contributed by atoms with Crippen molar-refractivity contribution in [1.29, 1.82) is 0 Å². The number of allylic oxidation sites excluding steroid dienone is 1. The standard InChI is InChI=1S/C15H12N2O3S2/c1-8(14(19)20)17-13(18)12(22-15(17)21)6-9-7-16-11-5-3-2-4-10(9)11/h2-8,18H,1H3,(H,19,20)/b9-6+/t8-/m1/s1. The highest BCUT2D eigenvalue weighted by Crippen LogP contribution is 2.36. The van der Waals surface area contributed by atoms with E-state index in [1.165, 1.54) is 22.8 Å². The van der Waals surface area contributed by atoms with E-state index in [1.54, 1.807) is 12.3 Å². The second-order valence-electron chi connectivity index (χ2n) is 4.82. The molecule has 1 aliphatic heterocycles. The molecule has 0 fully saturated rings. The van der Waals surface area contributed by atoms with Gasteiger partial charge in [-0.3, -0.25) is 9.56 Å². The first-order chi connectivity index (χ1) is 10.5. The largest absolute Gasteiger partial charge is 0.493 e. The van der Waals surface area contributed by atoms with Crippen LogP contribution in [-0.4, -0.2) is 27.0 Å². The minimum atomic E-state index is -1.05. The van der Waals surface area contributed by atoms with Crippen molar-refractivity contribution in [3.05, 3.63) is 38.7 Å². The summed E-state index contributed by atoms with van der Waals surface area (Å²) in [5.41, 5.74) is 2.70. The minimum Gasteiger partial charge on any atom is -0.493 e. The van der Waals surface area contributed by atoms with Gasteiger partial charge in [-0.05, 0) is 31.3 Å². The summed E-state index contributed by atoms with van der Waals surface area (Å²) in [6.45, 7) is 1.48. The van der Waals surface area contributed by atoms with Gasteiger partial charge < -0.3 is 10.2 Å². The van der Waals surface area contributed by atoms with Gasteiger partial charge in [0.1, 0.15) is 6.04 Å². The second-order valence-corrected chi connectivity index (χ2v) is 6.49. The topological polar surface area (TPSA) is 74.8 Å². The van der Waals surface area contributed by atoms with Gasteiger partial charge in [-0.2, -0.15) is 0 Å². The first kappa shape index (κ1) is 14.7. The first-order valence-electron chi connectivity index (χ1n) is 6.51. The normalized spacial score (nSPS) is 16.0. The molecule has 2 heterocycles. The Hall–Kier alpha value is -2.25. The molecular weight excluding hydrogens is 320 g/mol. The van der Waals surface area contributed by atoms with Crippen LogP contribution in [0.3, 0.4) is 0 Å². The van der Waals surface area contributed by atoms with E-state index >= 15 is 0 Å². The summed E-state index contributed by atoms with van der Waals surface area (Å²) >= 11 is 6.34. The van der Waals surface area contributed by atoms with E-state index in [4.69, 9.17) is 17.3 Å². The van der Waals surface area contributed by atoms with Gasteiger partial charge >= 0.3 is 5.97 Å². The zero-order valence-corrected chi connectivity index (χ0v) is 13.2. The van der Waals surface area contributed by atoms with Crippen LogP contribution in [0.2, 0.25) is 0 Å². The third-order valence-corrected chi connectivity index (χ3v) is 4.77. The maximum atomic E-state index is 11.1. The van der Waals surface area contributed by atoms with Crippen LogP contribution in [0.15, 0.2) is 29.3 Å². The number of rotatable bonds is 3. The van der Waals surface area contributed by atoms with E-state index in [0.717, 1.165) is 16.8 Å². The van der Waals surface area contributed by atoms with Gasteiger partial charge in [0.15, 0.2) is 3.95 Å². The fraction of sp³-hybridized carbons (Fsp3) is 0.133. The lowest BCUT2D eigenvalue weighted by Gasteiger charge is -2.09. The minimum absolute atomic E-state index is 0.129. The van der Waals surface area contributed by atoms with Crippen molar-refractivity contribution in [3.8, 4) is 5.88 Å². The molecule has 3 rings (SSSR count). The monoisotopic (exact) mass is 332 g/mol. The molecule has 0 saturated heterocycles. The third-order valence-electron chi connectivity index (χ3n) is 3.43. The number of aromatic hydroxyl groups is 1. The summed E-state index contributed by atoms with van der Waals surface area (Å²) in [4.78, 5) is 15.9. The molecule has 1 atom stereocenters. The first-order valence-corrected chi connectivity index (χ1v) is 7.74. The molecule has 1 aromatic carbocycles. The highest BCUT2D eigenvalue weighted by atomic mass is 32.1. The fourth-order valence-electron chi connectivity index (χ4n) is 2.24. The van der Waals surface area contributed by atoms with Gasteiger partial charge in [-0.25, -0.2) is 4.79 Å². The molecule has 22 heavy (non-hydrogen) atoms. The molecule has 0 saturated carbocycles. The smallest absolute Gasteiger partial charge is 0.326 e. The van der Waals surface area contributed by atoms with E-state index in [9.17, 15) is 9.90 Å². The Morgan fingerprint density at radius 2 is 2.18 bits per heavy atom. The van der Waals surface area contributed by atoms with Gasteiger partial charge in [0.05, 0.1) is 10.6 Å². The van der Waals surface area contributed by atoms with Crippen molar-refractivity contribution in [3.63, 3.8) is 0 Å². The van der Waals surface area contributed by atoms with Crippen molar-refractivity contribution in [1.82, 2.24) is 4.57 Å². The lowest BCUT2D eigenvalue weighted by Crippen LogP contribution is -2.14. The van der Waals surface area contributed by atoms with Crippen LogP contribution in [0.1, 0.15) is 23.4 Å². The maximum absolute atomic E-state index is 11.1. The summed E-state index contributed by atoms with van der Waals surface area (Å²) in [5.74, 6) is -1.17. The van der Waals surface area contributed by atoms with E-state index in [1.807, 2.05) is 24.3 Å². The fourth-order valence-corrected chi connectivity index (χ4v) is 3.66. The Labute approximate surface area is 135 Å². The Kier molecular flexibility index (Phi) is 3.67. The molecule has 0 unspecified atom stereocenters. The number of aromatic nitrogens is 1. The summed E-state index contributed by atoms with van der Waals surface area (Å²) in [7, 11) is 0. The summed E-state index contributed by atoms with van der Waals surface area (Å²) < 4.78 is 1.56. The molecule has 1 aliphatic rings. The van der Waals surface area contributed by atoms with E-state index in [-0.39, 0.29) is 5.88 Å². The van der Waals surface area contributed by atoms with Crippen LogP contribution < -0.4 is 0 Å². The number of carboxylic acid groups (broad SMARTS) is 1. The molecule has 0 radical (unpaired) electrons. The van der Waals surface area contributed by atoms with Crippen LogP contribution in [0, 0.1) is 3.95 Å². The quantitative estimate of drug-likeness (QED) is 0.836. The van der Waals surface area contributed by atoms with Crippen LogP contribution >= 0.6 is 23.6 Å². The lowest BCUT2D eigenvalue weighted by molar-refractivity contribution is -0.140. The van der Waals surface area contributed by atoms with Crippen LogP contribution in [-0.2, 0) is 4.79 Å². The third kappa shape index (κ3) is 2.38. The molecule has 2 N–H and O–H groups in total. The molecule has 0 spiro atoms. The maximum Gasteiger partial charge on any atom is 0.326 e. The van der Waals surface area contributed by atoms with E-state index in [2.05, 4.69) is 4.99 Å². The number of carboxylic acids is 1. The Morgan fingerprint density at radius 3 is 2.91 bits per heavy atom. The van der Waals surface area contributed by atoms with Gasteiger partial charge in [-0.15, -0.1) is 11.3 Å². The zero-order chi connectivity index (χ0) is 15.9. The number of para-hydroxylation sites is 1. The van der Waals surface area contributed by atoms with Gasteiger partial charge in [0.25, 0.3) is 0 Å². The van der Waals surface area contributed by atoms with E-state index in [0.29, 0.717) is 8.83 Å². The number of thiazole rings is 1. The molecule has 0 amide bonds. The van der Waals surface area contributed by atoms with Gasteiger partial charge in [0, 0.05) is 17.4 Å². The second kappa shape index (κ2) is 5.51.